The number of aromatic hydroxyl groups is 1. The summed E-state index contributed by atoms with van der Waals surface area (Å²) in [5.41, 5.74) is 1.31. The maximum atomic E-state index is 11.9. The molecular weight excluding hydrogens is 292 g/mol. The van der Waals surface area contributed by atoms with Crippen molar-refractivity contribution in [1.29, 1.82) is 5.26 Å². The van der Waals surface area contributed by atoms with Gasteiger partial charge in [0.15, 0.2) is 5.54 Å². The maximum Gasteiger partial charge on any atom is 0.333 e. The number of phenols is 1. The van der Waals surface area contributed by atoms with Crippen LogP contribution in [-0.4, -0.2) is 16.2 Å². The molecule has 2 aromatic carbocycles. The average molecular weight is 310 g/mol. The summed E-state index contributed by atoms with van der Waals surface area (Å²) >= 11 is 0. The lowest BCUT2D eigenvalue weighted by molar-refractivity contribution is -0.142. The Morgan fingerprint density at radius 3 is 2.35 bits per heavy atom. The first-order valence-corrected chi connectivity index (χ1v) is 7.10. The molecule has 2 aromatic rings. The van der Waals surface area contributed by atoms with Crippen LogP contribution in [0.4, 0.5) is 5.69 Å². The van der Waals surface area contributed by atoms with Crippen molar-refractivity contribution >= 4 is 11.7 Å². The number of aryl methyl sites for hydroxylation is 2. The molecule has 3 N–H and O–H groups in total. The Bertz CT molecular complexity index is 791. The molecule has 0 fully saturated rings. The van der Waals surface area contributed by atoms with E-state index in [2.05, 4.69) is 5.32 Å². The smallest absolute Gasteiger partial charge is 0.333 e. The van der Waals surface area contributed by atoms with E-state index in [0.717, 1.165) is 5.56 Å². The van der Waals surface area contributed by atoms with E-state index in [1.165, 1.54) is 6.92 Å². The van der Waals surface area contributed by atoms with Crippen LogP contribution in [0.1, 0.15) is 29.2 Å². The highest BCUT2D eigenvalue weighted by molar-refractivity contribution is 5.85. The Labute approximate surface area is 134 Å². The summed E-state index contributed by atoms with van der Waals surface area (Å²) in [5, 5.41) is 31.8. The molecule has 0 aromatic heterocycles. The molecule has 0 aliphatic heterocycles. The van der Waals surface area contributed by atoms with E-state index in [4.69, 9.17) is 5.26 Å². The molecule has 0 saturated carbocycles. The zero-order chi connectivity index (χ0) is 17.2. The Morgan fingerprint density at radius 1 is 1.22 bits per heavy atom. The van der Waals surface area contributed by atoms with Gasteiger partial charge in [-0.15, -0.1) is 0 Å². The van der Waals surface area contributed by atoms with Gasteiger partial charge >= 0.3 is 5.97 Å². The molecule has 118 valence electrons. The number of hydrogen-bond donors (Lipinski definition) is 3. The fourth-order valence-corrected chi connectivity index (χ4v) is 2.49. The number of hydrogen-bond acceptors (Lipinski definition) is 4. The van der Waals surface area contributed by atoms with Gasteiger partial charge in [0.05, 0.1) is 11.6 Å². The predicted octanol–water partition coefficient (Wildman–Crippen LogP) is 3.29. The molecule has 0 spiro atoms. The summed E-state index contributed by atoms with van der Waals surface area (Å²) in [4.78, 5) is 11.9. The fraction of sp³-hybridized carbons (Fsp3) is 0.222. The van der Waals surface area contributed by atoms with Crippen LogP contribution in [0.3, 0.4) is 0 Å². The fourth-order valence-electron chi connectivity index (χ4n) is 2.49. The van der Waals surface area contributed by atoms with Crippen molar-refractivity contribution in [2.75, 3.05) is 5.32 Å². The van der Waals surface area contributed by atoms with Crippen molar-refractivity contribution in [2.45, 2.75) is 26.3 Å². The number of phenolic OH excluding ortho intramolecular Hbond substituents is 1. The van der Waals surface area contributed by atoms with Crippen LogP contribution in [0.25, 0.3) is 0 Å². The number of nitrogens with one attached hydrogen (secondary N) is 1. The molecule has 1 unspecified atom stereocenters. The van der Waals surface area contributed by atoms with Crippen molar-refractivity contribution in [3.05, 3.63) is 58.7 Å². The second-order valence-electron chi connectivity index (χ2n) is 5.72. The average Bonchev–Trinajstić information content (AvgIpc) is 2.51. The predicted molar refractivity (Wildman–Crippen MR) is 87.3 cm³/mol. The Morgan fingerprint density at radius 2 is 1.83 bits per heavy atom. The lowest BCUT2D eigenvalue weighted by atomic mass is 9.88. The molecule has 23 heavy (non-hydrogen) atoms. The molecule has 0 saturated heterocycles. The quantitative estimate of drug-likeness (QED) is 0.805. The summed E-state index contributed by atoms with van der Waals surface area (Å²) in [6.07, 6.45) is 0. The summed E-state index contributed by atoms with van der Waals surface area (Å²) in [7, 11) is 0. The van der Waals surface area contributed by atoms with E-state index in [-0.39, 0.29) is 5.75 Å². The van der Waals surface area contributed by atoms with Gasteiger partial charge in [0.2, 0.25) is 0 Å². The standard InChI is InChI=1S/C18H18N2O3/c1-11-8-12(2)16(21)15(9-11)18(3,17(22)23)20-14-6-4-13(10-19)5-7-14/h4-9,20-21H,1-3H3,(H,22,23). The molecular formula is C18H18N2O3. The second kappa shape index (κ2) is 6.01. The number of aliphatic carboxylic acids is 1. The van der Waals surface area contributed by atoms with Gasteiger partial charge in [-0.25, -0.2) is 4.79 Å². The highest BCUT2D eigenvalue weighted by Gasteiger charge is 2.38. The van der Waals surface area contributed by atoms with Crippen LogP contribution in [0.2, 0.25) is 0 Å². The molecule has 1 atom stereocenters. The van der Waals surface area contributed by atoms with Gasteiger partial charge in [-0.05, 0) is 56.7 Å². The number of nitriles is 1. The van der Waals surface area contributed by atoms with E-state index >= 15 is 0 Å². The number of carbonyl (C=O) groups is 1. The van der Waals surface area contributed by atoms with Crippen LogP contribution >= 0.6 is 0 Å². The highest BCUT2D eigenvalue weighted by atomic mass is 16.4. The van der Waals surface area contributed by atoms with Crippen molar-refractivity contribution in [2.24, 2.45) is 0 Å². The van der Waals surface area contributed by atoms with E-state index in [9.17, 15) is 15.0 Å². The minimum Gasteiger partial charge on any atom is -0.507 e. The van der Waals surface area contributed by atoms with Gasteiger partial charge in [-0.1, -0.05) is 11.6 Å². The molecule has 0 heterocycles. The van der Waals surface area contributed by atoms with Crippen LogP contribution < -0.4 is 5.32 Å². The largest absolute Gasteiger partial charge is 0.507 e. The van der Waals surface area contributed by atoms with Crippen LogP contribution in [0, 0.1) is 25.2 Å². The summed E-state index contributed by atoms with van der Waals surface area (Å²) in [6.45, 7) is 5.08. The first-order chi connectivity index (χ1) is 10.8. The van der Waals surface area contributed by atoms with Gasteiger partial charge in [-0.2, -0.15) is 5.26 Å². The number of carboxylic acid groups (broad SMARTS) is 1. The van der Waals surface area contributed by atoms with Crippen molar-refractivity contribution in [1.82, 2.24) is 0 Å². The molecule has 0 aliphatic rings. The Balaban J connectivity index is 2.51. The maximum absolute atomic E-state index is 11.9. The lowest BCUT2D eigenvalue weighted by Crippen LogP contribution is -2.40. The van der Waals surface area contributed by atoms with Crippen molar-refractivity contribution < 1.29 is 15.0 Å². The molecule has 0 bridgehead atoms. The van der Waals surface area contributed by atoms with Gasteiger partial charge in [0, 0.05) is 11.3 Å². The first-order valence-electron chi connectivity index (χ1n) is 7.10. The molecule has 5 nitrogen and oxygen atoms in total. The van der Waals surface area contributed by atoms with E-state index < -0.39 is 11.5 Å². The monoisotopic (exact) mass is 310 g/mol. The lowest BCUT2D eigenvalue weighted by Gasteiger charge is -2.29. The van der Waals surface area contributed by atoms with Gasteiger partial charge < -0.3 is 15.5 Å². The minimum absolute atomic E-state index is 0.0401. The second-order valence-corrected chi connectivity index (χ2v) is 5.72. The van der Waals surface area contributed by atoms with Crippen LogP contribution in [0.5, 0.6) is 5.75 Å². The Kier molecular flexibility index (Phi) is 4.28. The summed E-state index contributed by atoms with van der Waals surface area (Å²) in [5.74, 6) is -1.15. The SMILES string of the molecule is Cc1cc(C)c(O)c(C(C)(Nc2ccc(C#N)cc2)C(=O)O)c1. The van der Waals surface area contributed by atoms with Crippen LogP contribution in [-0.2, 0) is 10.3 Å². The normalized spacial score (nSPS) is 13.0. The number of carboxylic acids is 1. The van der Waals surface area contributed by atoms with E-state index in [1.807, 2.05) is 13.0 Å². The topological polar surface area (TPSA) is 93.4 Å². The van der Waals surface area contributed by atoms with E-state index in [0.29, 0.717) is 22.4 Å². The molecule has 0 radical (unpaired) electrons. The highest BCUT2D eigenvalue weighted by Crippen LogP contribution is 2.35. The van der Waals surface area contributed by atoms with Crippen LogP contribution in [0.15, 0.2) is 36.4 Å². The van der Waals surface area contributed by atoms with Gasteiger partial charge in [-0.3, -0.25) is 0 Å². The van der Waals surface area contributed by atoms with Gasteiger partial charge in [0.25, 0.3) is 0 Å². The number of anilines is 1. The van der Waals surface area contributed by atoms with Gasteiger partial charge in [0.1, 0.15) is 5.75 Å². The summed E-state index contributed by atoms with van der Waals surface area (Å²) < 4.78 is 0. The number of nitrogens with zero attached hydrogens (tertiary/aromatic N) is 1. The van der Waals surface area contributed by atoms with Crippen molar-refractivity contribution in [3.8, 4) is 11.8 Å². The first kappa shape index (κ1) is 16.4. The number of benzene rings is 2. The third-order valence-electron chi connectivity index (χ3n) is 3.82. The zero-order valence-corrected chi connectivity index (χ0v) is 13.2. The third-order valence-corrected chi connectivity index (χ3v) is 3.82. The Hall–Kier alpha value is -3.00. The molecule has 2 rings (SSSR count). The molecule has 0 aliphatic carbocycles. The molecule has 5 heteroatoms. The van der Waals surface area contributed by atoms with E-state index in [1.54, 1.807) is 43.3 Å². The minimum atomic E-state index is -1.50. The zero-order valence-electron chi connectivity index (χ0n) is 13.2. The molecule has 0 amide bonds. The third kappa shape index (κ3) is 3.11. The summed E-state index contributed by atoms with van der Waals surface area (Å²) in [6, 6.07) is 11.9. The number of rotatable bonds is 4. The van der Waals surface area contributed by atoms with Crippen molar-refractivity contribution in [3.63, 3.8) is 0 Å².